The maximum Gasteiger partial charge on any atom is 0.217 e. The summed E-state index contributed by atoms with van der Waals surface area (Å²) >= 11 is 0. The zero-order valence-corrected chi connectivity index (χ0v) is 10.2. The van der Waals surface area contributed by atoms with Crippen molar-refractivity contribution in [3.05, 3.63) is 0 Å². The van der Waals surface area contributed by atoms with Gasteiger partial charge in [0.25, 0.3) is 0 Å². The maximum absolute atomic E-state index is 10.8. The van der Waals surface area contributed by atoms with Crippen LogP contribution in [-0.4, -0.2) is 86.0 Å². The second kappa shape index (κ2) is 8.15. The number of hydrogen-bond donors (Lipinski definition) is 7. The smallest absolute Gasteiger partial charge is 0.217 e. The van der Waals surface area contributed by atoms with Gasteiger partial charge in [-0.15, -0.1) is 0 Å². The van der Waals surface area contributed by atoms with E-state index in [1.807, 2.05) is 5.32 Å². The topological polar surface area (TPSA) is 168 Å². The van der Waals surface area contributed by atoms with Crippen molar-refractivity contribution >= 4 is 12.2 Å². The van der Waals surface area contributed by atoms with Crippen LogP contribution in [0.3, 0.4) is 0 Å². The Morgan fingerprint density at radius 2 is 1.53 bits per heavy atom. The molecule has 0 rings (SSSR count). The van der Waals surface area contributed by atoms with Crippen molar-refractivity contribution in [1.29, 1.82) is 0 Å². The predicted octanol–water partition coefficient (Wildman–Crippen LogP) is -4.51. The van der Waals surface area contributed by atoms with Gasteiger partial charge in [0.1, 0.15) is 42.8 Å². The lowest BCUT2D eigenvalue weighted by atomic mass is 9.96. The summed E-state index contributed by atoms with van der Waals surface area (Å²) in [6.07, 6.45) is -9.44. The number of aliphatic hydroxyl groups is 6. The van der Waals surface area contributed by atoms with Gasteiger partial charge < -0.3 is 40.8 Å². The highest BCUT2D eigenvalue weighted by atomic mass is 16.4. The Morgan fingerprint density at radius 1 is 1.05 bits per heavy atom. The fourth-order valence-electron chi connectivity index (χ4n) is 1.39. The highest BCUT2D eigenvalue weighted by molar-refractivity contribution is 5.77. The molecule has 9 nitrogen and oxygen atoms in total. The van der Waals surface area contributed by atoms with E-state index in [0.29, 0.717) is 0 Å². The van der Waals surface area contributed by atoms with Crippen LogP contribution in [0.5, 0.6) is 0 Å². The molecule has 0 aromatic carbocycles. The minimum atomic E-state index is -2.02. The van der Waals surface area contributed by atoms with E-state index in [-0.39, 0.29) is 6.29 Å². The van der Waals surface area contributed by atoms with E-state index in [1.165, 1.54) is 0 Å². The van der Waals surface area contributed by atoms with Gasteiger partial charge in [-0.05, 0) is 0 Å². The molecule has 0 heterocycles. The van der Waals surface area contributed by atoms with Gasteiger partial charge in [0.05, 0.1) is 6.61 Å². The number of nitrogens with one attached hydrogen (secondary N) is 1. The first-order chi connectivity index (χ1) is 8.76. The molecule has 6 atom stereocenters. The predicted molar refractivity (Wildman–Crippen MR) is 60.8 cm³/mol. The van der Waals surface area contributed by atoms with E-state index in [1.54, 1.807) is 0 Å². The zero-order chi connectivity index (χ0) is 15.2. The van der Waals surface area contributed by atoms with Crippen molar-refractivity contribution in [2.75, 3.05) is 6.61 Å². The standard InChI is InChI=1S/C10H19NO8/c1-4(14)11-5(2-12)7(16)9(18)10(19)8(17)6(15)3-13/h2,5-10,13,15-19H,3H2,1H3,(H,11,14). The van der Waals surface area contributed by atoms with Gasteiger partial charge in [-0.1, -0.05) is 0 Å². The van der Waals surface area contributed by atoms with Crippen molar-refractivity contribution < 1.29 is 40.2 Å². The van der Waals surface area contributed by atoms with Gasteiger partial charge in [-0.2, -0.15) is 0 Å². The van der Waals surface area contributed by atoms with Crippen LogP contribution in [-0.2, 0) is 9.59 Å². The van der Waals surface area contributed by atoms with Gasteiger partial charge in [0.2, 0.25) is 5.91 Å². The van der Waals surface area contributed by atoms with Crippen LogP contribution in [0.1, 0.15) is 6.92 Å². The summed E-state index contributed by atoms with van der Waals surface area (Å²) in [6, 6.07) is -1.49. The van der Waals surface area contributed by atoms with Crippen molar-refractivity contribution in [3.63, 3.8) is 0 Å². The molecule has 112 valence electrons. The summed E-state index contributed by atoms with van der Waals surface area (Å²) in [6.45, 7) is 0.209. The molecule has 7 N–H and O–H groups in total. The molecule has 1 amide bonds. The van der Waals surface area contributed by atoms with E-state index < -0.39 is 49.1 Å². The van der Waals surface area contributed by atoms with Crippen molar-refractivity contribution in [3.8, 4) is 0 Å². The van der Waals surface area contributed by atoms with Crippen molar-refractivity contribution in [1.82, 2.24) is 5.32 Å². The second-order valence-electron chi connectivity index (χ2n) is 4.07. The van der Waals surface area contributed by atoms with E-state index in [9.17, 15) is 30.0 Å². The Balaban J connectivity index is 4.72. The quantitative estimate of drug-likeness (QED) is 0.218. The van der Waals surface area contributed by atoms with Crippen LogP contribution in [0.25, 0.3) is 0 Å². The lowest BCUT2D eigenvalue weighted by Crippen LogP contribution is -2.56. The molecule has 0 saturated carbocycles. The summed E-state index contributed by atoms with van der Waals surface area (Å²) in [5, 5.41) is 57.6. The molecular formula is C10H19NO8. The Labute approximate surface area is 109 Å². The number of rotatable bonds is 8. The molecule has 0 saturated heterocycles. The minimum Gasteiger partial charge on any atom is -0.394 e. The largest absolute Gasteiger partial charge is 0.394 e. The summed E-state index contributed by atoms with van der Waals surface area (Å²) in [7, 11) is 0. The summed E-state index contributed by atoms with van der Waals surface area (Å²) in [5.74, 6) is -0.645. The molecule has 0 bridgehead atoms. The molecule has 0 radical (unpaired) electrons. The minimum absolute atomic E-state index is 0.150. The molecule has 0 aliphatic rings. The van der Waals surface area contributed by atoms with E-state index in [2.05, 4.69) is 0 Å². The van der Waals surface area contributed by atoms with Crippen LogP contribution >= 0.6 is 0 Å². The molecule has 0 fully saturated rings. The molecule has 19 heavy (non-hydrogen) atoms. The summed E-state index contributed by atoms with van der Waals surface area (Å²) in [4.78, 5) is 21.4. The number of hydrogen-bond acceptors (Lipinski definition) is 8. The Hall–Kier alpha value is -1.10. The molecule has 0 aliphatic carbocycles. The highest BCUT2D eigenvalue weighted by Gasteiger charge is 2.37. The first-order valence-electron chi connectivity index (χ1n) is 5.49. The number of amides is 1. The fraction of sp³-hybridized carbons (Fsp3) is 0.800. The molecule has 0 aromatic heterocycles. The third-order valence-corrected chi connectivity index (χ3v) is 2.52. The fourth-order valence-corrected chi connectivity index (χ4v) is 1.39. The number of carbonyl (C=O) groups excluding carboxylic acids is 2. The lowest BCUT2D eigenvalue weighted by molar-refractivity contribution is -0.149. The van der Waals surface area contributed by atoms with Crippen LogP contribution in [0.15, 0.2) is 0 Å². The van der Waals surface area contributed by atoms with Crippen molar-refractivity contribution in [2.45, 2.75) is 43.5 Å². The molecule has 0 aromatic rings. The maximum atomic E-state index is 10.8. The third kappa shape index (κ3) is 5.19. The van der Waals surface area contributed by atoms with Gasteiger partial charge in [-0.25, -0.2) is 0 Å². The van der Waals surface area contributed by atoms with E-state index >= 15 is 0 Å². The van der Waals surface area contributed by atoms with Gasteiger partial charge in [0, 0.05) is 6.92 Å². The Bertz CT molecular complexity index is 299. The highest BCUT2D eigenvalue weighted by Crippen LogP contribution is 2.10. The molecule has 9 heteroatoms. The summed E-state index contributed by atoms with van der Waals surface area (Å²) in [5.41, 5.74) is 0. The first-order valence-corrected chi connectivity index (χ1v) is 5.49. The zero-order valence-electron chi connectivity index (χ0n) is 10.2. The van der Waals surface area contributed by atoms with E-state index in [4.69, 9.17) is 10.2 Å². The monoisotopic (exact) mass is 281 g/mol. The van der Waals surface area contributed by atoms with Crippen LogP contribution in [0.4, 0.5) is 0 Å². The van der Waals surface area contributed by atoms with Crippen molar-refractivity contribution in [2.24, 2.45) is 0 Å². The SMILES string of the molecule is CC(=O)NC(C=O)C(O)C(O)C(O)C(O)C(O)CO. The van der Waals surface area contributed by atoms with Crippen LogP contribution in [0.2, 0.25) is 0 Å². The lowest BCUT2D eigenvalue weighted by Gasteiger charge is -2.30. The van der Waals surface area contributed by atoms with Gasteiger partial charge >= 0.3 is 0 Å². The summed E-state index contributed by atoms with van der Waals surface area (Å²) < 4.78 is 0. The number of aliphatic hydroxyl groups excluding tert-OH is 6. The third-order valence-electron chi connectivity index (χ3n) is 2.52. The average Bonchev–Trinajstić information content (AvgIpc) is 2.40. The Kier molecular flexibility index (Phi) is 7.68. The normalized spacial score (nSPS) is 20.8. The molecule has 0 spiro atoms. The number of aldehydes is 1. The number of carbonyl (C=O) groups is 2. The van der Waals surface area contributed by atoms with Crippen LogP contribution in [0, 0.1) is 0 Å². The van der Waals surface area contributed by atoms with Crippen LogP contribution < -0.4 is 5.32 Å². The van der Waals surface area contributed by atoms with E-state index in [0.717, 1.165) is 6.92 Å². The Morgan fingerprint density at radius 3 is 1.89 bits per heavy atom. The van der Waals surface area contributed by atoms with Gasteiger partial charge in [0.15, 0.2) is 0 Å². The average molecular weight is 281 g/mol. The second-order valence-corrected chi connectivity index (χ2v) is 4.07. The van der Waals surface area contributed by atoms with Gasteiger partial charge in [-0.3, -0.25) is 4.79 Å². The molecule has 0 aliphatic heterocycles. The molecular weight excluding hydrogens is 262 g/mol. The molecule has 6 unspecified atom stereocenters. The first kappa shape index (κ1) is 17.9.